The van der Waals surface area contributed by atoms with E-state index in [-0.39, 0.29) is 11.8 Å². The SMILES string of the molecule is O=C1CCSc2ccc(C(=O)NCCCOc3ccc(Cl)cc3Cl)cc2N1. The molecule has 0 atom stereocenters. The number of ether oxygens (including phenoxy) is 1. The zero-order valence-electron chi connectivity index (χ0n) is 14.4. The maximum atomic E-state index is 12.3. The second-order valence-electron chi connectivity index (χ2n) is 5.89. The van der Waals surface area contributed by atoms with Crippen LogP contribution in [0, 0.1) is 0 Å². The fourth-order valence-corrected chi connectivity index (χ4v) is 3.91. The molecule has 1 aliphatic rings. The molecule has 0 fully saturated rings. The molecule has 1 heterocycles. The third-order valence-electron chi connectivity index (χ3n) is 3.86. The van der Waals surface area contributed by atoms with Crippen LogP contribution < -0.4 is 15.4 Å². The van der Waals surface area contributed by atoms with Crippen LogP contribution in [-0.4, -0.2) is 30.7 Å². The molecule has 5 nitrogen and oxygen atoms in total. The van der Waals surface area contributed by atoms with Crippen LogP contribution in [0.15, 0.2) is 41.3 Å². The molecule has 0 saturated carbocycles. The number of nitrogens with one attached hydrogen (secondary N) is 2. The Morgan fingerprint density at radius 3 is 2.89 bits per heavy atom. The molecular formula is C19H18Cl2N2O3S. The van der Waals surface area contributed by atoms with Crippen molar-refractivity contribution < 1.29 is 14.3 Å². The van der Waals surface area contributed by atoms with Gasteiger partial charge in [0.05, 0.1) is 17.3 Å². The third-order valence-corrected chi connectivity index (χ3v) is 5.47. The van der Waals surface area contributed by atoms with Crippen molar-refractivity contribution in [3.05, 3.63) is 52.0 Å². The summed E-state index contributed by atoms with van der Waals surface area (Å²) in [5, 5.41) is 6.70. The van der Waals surface area contributed by atoms with Crippen molar-refractivity contribution in [2.24, 2.45) is 0 Å². The van der Waals surface area contributed by atoms with Crippen LogP contribution in [0.2, 0.25) is 10.0 Å². The molecule has 1 aliphatic heterocycles. The van der Waals surface area contributed by atoms with E-state index in [4.69, 9.17) is 27.9 Å². The lowest BCUT2D eigenvalue weighted by molar-refractivity contribution is -0.115. The van der Waals surface area contributed by atoms with Gasteiger partial charge < -0.3 is 15.4 Å². The van der Waals surface area contributed by atoms with E-state index in [1.165, 1.54) is 0 Å². The first kappa shape index (κ1) is 19.9. The van der Waals surface area contributed by atoms with E-state index in [1.54, 1.807) is 42.1 Å². The first-order valence-corrected chi connectivity index (χ1v) is 10.2. The second kappa shape index (κ2) is 9.35. The summed E-state index contributed by atoms with van der Waals surface area (Å²) in [5.41, 5.74) is 1.20. The molecule has 0 bridgehead atoms. The van der Waals surface area contributed by atoms with Gasteiger partial charge in [-0.3, -0.25) is 9.59 Å². The van der Waals surface area contributed by atoms with E-state index in [1.807, 2.05) is 6.07 Å². The lowest BCUT2D eigenvalue weighted by Crippen LogP contribution is -2.25. The summed E-state index contributed by atoms with van der Waals surface area (Å²) in [6.07, 6.45) is 1.10. The Hall–Kier alpha value is -1.89. The molecule has 0 saturated heterocycles. The first-order valence-electron chi connectivity index (χ1n) is 8.45. The van der Waals surface area contributed by atoms with E-state index >= 15 is 0 Å². The molecule has 2 aromatic rings. The minimum atomic E-state index is -0.189. The highest BCUT2D eigenvalue weighted by molar-refractivity contribution is 7.99. The van der Waals surface area contributed by atoms with E-state index in [0.29, 0.717) is 53.0 Å². The van der Waals surface area contributed by atoms with Gasteiger partial charge in [-0.15, -0.1) is 11.8 Å². The largest absolute Gasteiger partial charge is 0.492 e. The minimum Gasteiger partial charge on any atom is -0.492 e. The lowest BCUT2D eigenvalue weighted by atomic mass is 10.2. The van der Waals surface area contributed by atoms with Crippen molar-refractivity contribution in [2.45, 2.75) is 17.7 Å². The highest BCUT2D eigenvalue weighted by Gasteiger charge is 2.15. The van der Waals surface area contributed by atoms with Gasteiger partial charge >= 0.3 is 0 Å². The van der Waals surface area contributed by atoms with Gasteiger partial charge in [0.2, 0.25) is 5.91 Å². The molecule has 3 rings (SSSR count). The molecule has 0 spiro atoms. The van der Waals surface area contributed by atoms with Gasteiger partial charge in [-0.05, 0) is 42.8 Å². The molecule has 0 aliphatic carbocycles. The average Bonchev–Trinajstić information content (AvgIpc) is 2.82. The van der Waals surface area contributed by atoms with Gasteiger partial charge in [0.25, 0.3) is 5.91 Å². The van der Waals surface area contributed by atoms with E-state index in [9.17, 15) is 9.59 Å². The number of fused-ring (bicyclic) bond motifs is 1. The molecule has 2 amide bonds. The number of amides is 2. The third kappa shape index (κ3) is 5.54. The number of anilines is 1. The number of carbonyl (C=O) groups is 2. The number of benzene rings is 2. The van der Waals surface area contributed by atoms with Crippen LogP contribution >= 0.6 is 35.0 Å². The number of halogens is 2. The quantitative estimate of drug-likeness (QED) is 0.663. The van der Waals surface area contributed by atoms with Crippen molar-refractivity contribution in [1.29, 1.82) is 0 Å². The van der Waals surface area contributed by atoms with E-state index in [2.05, 4.69) is 10.6 Å². The van der Waals surface area contributed by atoms with Gasteiger partial charge in [0.15, 0.2) is 0 Å². The predicted octanol–water partition coefficient (Wildman–Crippen LogP) is 4.63. The Bertz CT molecular complexity index is 861. The molecule has 0 radical (unpaired) electrons. The molecule has 0 aromatic heterocycles. The smallest absolute Gasteiger partial charge is 0.251 e. The van der Waals surface area contributed by atoms with E-state index < -0.39 is 0 Å². The van der Waals surface area contributed by atoms with Gasteiger partial charge in [-0.1, -0.05) is 23.2 Å². The van der Waals surface area contributed by atoms with Crippen molar-refractivity contribution in [1.82, 2.24) is 5.32 Å². The fourth-order valence-electron chi connectivity index (χ4n) is 2.51. The van der Waals surface area contributed by atoms with Crippen LogP contribution in [0.5, 0.6) is 5.75 Å². The molecule has 0 unspecified atom stereocenters. The predicted molar refractivity (Wildman–Crippen MR) is 109 cm³/mol. The summed E-state index contributed by atoms with van der Waals surface area (Å²) in [5.74, 6) is 1.08. The van der Waals surface area contributed by atoms with Gasteiger partial charge in [0.1, 0.15) is 5.75 Å². The topological polar surface area (TPSA) is 67.4 Å². The number of carbonyl (C=O) groups excluding carboxylic acids is 2. The van der Waals surface area contributed by atoms with Crippen molar-refractivity contribution in [3.8, 4) is 5.75 Å². The highest BCUT2D eigenvalue weighted by atomic mass is 35.5. The van der Waals surface area contributed by atoms with Crippen LogP contribution in [0.25, 0.3) is 0 Å². The molecule has 2 N–H and O–H groups in total. The average molecular weight is 425 g/mol. The van der Waals surface area contributed by atoms with Crippen LogP contribution in [0.1, 0.15) is 23.2 Å². The van der Waals surface area contributed by atoms with Gasteiger partial charge in [-0.2, -0.15) is 0 Å². The number of hydrogen-bond donors (Lipinski definition) is 2. The lowest BCUT2D eigenvalue weighted by Gasteiger charge is -2.11. The summed E-state index contributed by atoms with van der Waals surface area (Å²) >= 11 is 13.5. The van der Waals surface area contributed by atoms with Crippen molar-refractivity contribution in [3.63, 3.8) is 0 Å². The van der Waals surface area contributed by atoms with Gasteiger partial charge in [-0.25, -0.2) is 0 Å². The summed E-state index contributed by atoms with van der Waals surface area (Å²) in [4.78, 5) is 25.0. The van der Waals surface area contributed by atoms with Crippen molar-refractivity contribution >= 4 is 52.5 Å². The standard InChI is InChI=1S/C19H18Cl2N2O3S/c20-13-3-4-16(14(21)11-13)26-8-1-7-22-19(25)12-2-5-17-15(10-12)23-18(24)6-9-27-17/h2-5,10-11H,1,6-9H2,(H,22,25)(H,23,24). The van der Waals surface area contributed by atoms with Crippen LogP contribution in [0.3, 0.4) is 0 Å². The normalized spacial score (nSPS) is 13.3. The fraction of sp³-hybridized carbons (Fsp3) is 0.263. The molecule has 27 heavy (non-hydrogen) atoms. The Kier molecular flexibility index (Phi) is 6.88. The highest BCUT2D eigenvalue weighted by Crippen LogP contribution is 2.31. The zero-order chi connectivity index (χ0) is 19.2. The summed E-state index contributed by atoms with van der Waals surface area (Å²) in [6.45, 7) is 0.876. The maximum absolute atomic E-state index is 12.3. The summed E-state index contributed by atoms with van der Waals surface area (Å²) < 4.78 is 5.59. The Morgan fingerprint density at radius 1 is 1.22 bits per heavy atom. The second-order valence-corrected chi connectivity index (χ2v) is 7.87. The Morgan fingerprint density at radius 2 is 2.07 bits per heavy atom. The molecule has 2 aromatic carbocycles. The maximum Gasteiger partial charge on any atom is 0.251 e. The Balaban J connectivity index is 1.47. The summed E-state index contributed by atoms with van der Waals surface area (Å²) in [7, 11) is 0. The van der Waals surface area contributed by atoms with Crippen LogP contribution in [0.4, 0.5) is 5.69 Å². The molecular weight excluding hydrogens is 407 g/mol. The first-order chi connectivity index (χ1) is 13.0. The number of thioether (sulfide) groups is 1. The Labute approximate surface area is 171 Å². The van der Waals surface area contributed by atoms with Crippen molar-refractivity contribution in [2.75, 3.05) is 24.2 Å². The summed E-state index contributed by atoms with van der Waals surface area (Å²) in [6, 6.07) is 10.4. The molecule has 8 heteroatoms. The minimum absolute atomic E-state index is 0.0307. The monoisotopic (exact) mass is 424 g/mol. The van der Waals surface area contributed by atoms with E-state index in [0.717, 1.165) is 10.6 Å². The van der Waals surface area contributed by atoms with Gasteiger partial charge in [0, 0.05) is 34.2 Å². The number of hydrogen-bond acceptors (Lipinski definition) is 4. The molecule has 142 valence electrons. The van der Waals surface area contributed by atoms with Crippen LogP contribution in [-0.2, 0) is 4.79 Å². The number of rotatable bonds is 6. The zero-order valence-corrected chi connectivity index (χ0v) is 16.7.